The highest BCUT2D eigenvalue weighted by atomic mass is 15.5. The van der Waals surface area contributed by atoms with Crippen molar-refractivity contribution >= 4 is 11.2 Å². The molecule has 0 unspecified atom stereocenters. The number of hydrogen-bond acceptors (Lipinski definition) is 3. The first-order valence-corrected chi connectivity index (χ1v) is 5.52. The summed E-state index contributed by atoms with van der Waals surface area (Å²) in [6, 6.07) is 10.2. The quantitative estimate of drug-likeness (QED) is 0.667. The molecule has 0 amide bonds. The molecule has 3 rings (SSSR count). The zero-order chi connectivity index (χ0) is 11.8. The summed E-state index contributed by atoms with van der Waals surface area (Å²) in [6.07, 6.45) is 0. The van der Waals surface area contributed by atoms with E-state index in [1.165, 1.54) is 5.56 Å². The molecule has 0 N–H and O–H groups in total. The van der Waals surface area contributed by atoms with E-state index in [0.717, 1.165) is 23.4 Å². The Balaban J connectivity index is 2.07. The van der Waals surface area contributed by atoms with E-state index in [9.17, 15) is 0 Å². The van der Waals surface area contributed by atoms with Crippen LogP contribution in [0.5, 0.6) is 0 Å². The first-order chi connectivity index (χ1) is 8.25. The minimum atomic E-state index is 0.719. The van der Waals surface area contributed by atoms with Crippen LogP contribution in [0.1, 0.15) is 11.3 Å². The molecule has 86 valence electrons. The molecule has 2 heterocycles. The molecule has 0 atom stereocenters. The third-order valence-electron chi connectivity index (χ3n) is 2.83. The van der Waals surface area contributed by atoms with Gasteiger partial charge in [0.2, 0.25) is 0 Å². The zero-order valence-electron chi connectivity index (χ0n) is 9.83. The maximum absolute atomic E-state index is 4.35. The van der Waals surface area contributed by atoms with Crippen molar-refractivity contribution in [3.63, 3.8) is 0 Å². The molecule has 0 bridgehead atoms. The van der Waals surface area contributed by atoms with Gasteiger partial charge in [0, 0.05) is 7.05 Å². The van der Waals surface area contributed by atoms with E-state index in [0.29, 0.717) is 0 Å². The molecule has 5 nitrogen and oxygen atoms in total. The van der Waals surface area contributed by atoms with Crippen molar-refractivity contribution in [2.75, 3.05) is 0 Å². The highest BCUT2D eigenvalue weighted by Crippen LogP contribution is 2.14. The Kier molecular flexibility index (Phi) is 2.18. The van der Waals surface area contributed by atoms with Crippen LogP contribution in [0.4, 0.5) is 0 Å². The number of hydrogen-bond donors (Lipinski definition) is 0. The fraction of sp³-hybridized carbons (Fsp3) is 0.250. The van der Waals surface area contributed by atoms with E-state index in [1.54, 1.807) is 0 Å². The van der Waals surface area contributed by atoms with Crippen molar-refractivity contribution in [2.45, 2.75) is 13.5 Å². The number of aromatic nitrogens is 5. The van der Waals surface area contributed by atoms with Crippen LogP contribution in [0.3, 0.4) is 0 Å². The Morgan fingerprint density at radius 2 is 1.94 bits per heavy atom. The van der Waals surface area contributed by atoms with Crippen LogP contribution >= 0.6 is 0 Å². The summed E-state index contributed by atoms with van der Waals surface area (Å²) in [5.41, 5.74) is 3.97. The molecule has 0 fully saturated rings. The summed E-state index contributed by atoms with van der Waals surface area (Å²) in [5.74, 6) is 0. The average Bonchev–Trinajstić information content (AvgIpc) is 2.85. The van der Waals surface area contributed by atoms with E-state index >= 15 is 0 Å². The SMILES string of the molecule is Cc1nn(C)c2c1nnn2Cc1ccccc1. The van der Waals surface area contributed by atoms with E-state index < -0.39 is 0 Å². The maximum Gasteiger partial charge on any atom is 0.177 e. The minimum absolute atomic E-state index is 0.719. The standard InChI is InChI=1S/C12H13N5/c1-9-11-12(16(2)14-9)17(15-13-11)8-10-6-4-3-5-7-10/h3-7H,8H2,1-2H3. The lowest BCUT2D eigenvalue weighted by Crippen LogP contribution is -2.05. The summed E-state index contributed by atoms with van der Waals surface area (Å²) in [5, 5.41) is 12.7. The maximum atomic E-state index is 4.35. The number of fused-ring (bicyclic) bond motifs is 1. The third-order valence-corrected chi connectivity index (χ3v) is 2.83. The molecule has 17 heavy (non-hydrogen) atoms. The Labute approximate surface area is 98.7 Å². The molecule has 1 aromatic carbocycles. The number of benzene rings is 1. The van der Waals surface area contributed by atoms with Gasteiger partial charge in [0.15, 0.2) is 11.2 Å². The summed E-state index contributed by atoms with van der Waals surface area (Å²) < 4.78 is 3.71. The van der Waals surface area contributed by atoms with Gasteiger partial charge in [0.05, 0.1) is 12.2 Å². The normalized spacial score (nSPS) is 11.2. The van der Waals surface area contributed by atoms with Gasteiger partial charge in [-0.15, -0.1) is 5.10 Å². The molecule has 0 aliphatic heterocycles. The van der Waals surface area contributed by atoms with Crippen LogP contribution in [-0.4, -0.2) is 24.8 Å². The predicted octanol–water partition coefficient (Wildman–Crippen LogP) is 1.52. The Hall–Kier alpha value is -2.17. The molecule has 0 spiro atoms. The van der Waals surface area contributed by atoms with Crippen LogP contribution in [-0.2, 0) is 13.6 Å². The smallest absolute Gasteiger partial charge is 0.177 e. The van der Waals surface area contributed by atoms with Gasteiger partial charge in [-0.1, -0.05) is 35.5 Å². The van der Waals surface area contributed by atoms with Crippen molar-refractivity contribution in [2.24, 2.45) is 7.05 Å². The highest BCUT2D eigenvalue weighted by molar-refractivity contribution is 5.73. The van der Waals surface area contributed by atoms with Gasteiger partial charge in [0.25, 0.3) is 0 Å². The first kappa shape index (κ1) is 10.0. The van der Waals surface area contributed by atoms with Crippen LogP contribution in [0.15, 0.2) is 30.3 Å². The Bertz CT molecular complexity index is 650. The summed E-state index contributed by atoms with van der Waals surface area (Å²) in [4.78, 5) is 0. The highest BCUT2D eigenvalue weighted by Gasteiger charge is 2.12. The Morgan fingerprint density at radius 3 is 2.71 bits per heavy atom. The van der Waals surface area contributed by atoms with E-state index in [2.05, 4.69) is 27.5 Å². The van der Waals surface area contributed by atoms with Gasteiger partial charge in [-0.2, -0.15) is 5.10 Å². The molecule has 2 aromatic heterocycles. The molecule has 0 aliphatic rings. The Morgan fingerprint density at radius 1 is 1.18 bits per heavy atom. The largest absolute Gasteiger partial charge is 0.249 e. The van der Waals surface area contributed by atoms with Crippen LogP contribution < -0.4 is 0 Å². The number of aryl methyl sites for hydroxylation is 2. The van der Waals surface area contributed by atoms with Crippen molar-refractivity contribution in [1.82, 2.24) is 24.8 Å². The van der Waals surface area contributed by atoms with Gasteiger partial charge in [-0.3, -0.25) is 0 Å². The summed E-state index contributed by atoms with van der Waals surface area (Å²) in [7, 11) is 1.92. The van der Waals surface area contributed by atoms with Crippen molar-refractivity contribution in [1.29, 1.82) is 0 Å². The molecular formula is C12H13N5. The molecular weight excluding hydrogens is 214 g/mol. The predicted molar refractivity (Wildman–Crippen MR) is 64.6 cm³/mol. The second-order valence-corrected chi connectivity index (χ2v) is 4.11. The molecule has 0 saturated heterocycles. The molecule has 0 aliphatic carbocycles. The molecule has 0 saturated carbocycles. The zero-order valence-corrected chi connectivity index (χ0v) is 9.83. The van der Waals surface area contributed by atoms with Crippen LogP contribution in [0.25, 0.3) is 11.2 Å². The number of rotatable bonds is 2. The second kappa shape index (κ2) is 3.69. The van der Waals surface area contributed by atoms with Crippen molar-refractivity contribution in [3.8, 4) is 0 Å². The fourth-order valence-electron chi connectivity index (χ4n) is 2.05. The van der Waals surface area contributed by atoms with E-state index in [-0.39, 0.29) is 0 Å². The summed E-state index contributed by atoms with van der Waals surface area (Å²) >= 11 is 0. The van der Waals surface area contributed by atoms with Crippen LogP contribution in [0.2, 0.25) is 0 Å². The van der Waals surface area contributed by atoms with E-state index in [4.69, 9.17) is 0 Å². The molecule has 0 radical (unpaired) electrons. The van der Waals surface area contributed by atoms with Crippen molar-refractivity contribution < 1.29 is 0 Å². The van der Waals surface area contributed by atoms with Gasteiger partial charge in [-0.25, -0.2) is 9.36 Å². The topological polar surface area (TPSA) is 48.5 Å². The fourth-order valence-corrected chi connectivity index (χ4v) is 2.05. The van der Waals surface area contributed by atoms with E-state index in [1.807, 2.05) is 41.5 Å². The monoisotopic (exact) mass is 227 g/mol. The van der Waals surface area contributed by atoms with Crippen molar-refractivity contribution in [3.05, 3.63) is 41.6 Å². The minimum Gasteiger partial charge on any atom is -0.249 e. The van der Waals surface area contributed by atoms with Gasteiger partial charge >= 0.3 is 0 Å². The third kappa shape index (κ3) is 1.60. The van der Waals surface area contributed by atoms with Gasteiger partial charge < -0.3 is 0 Å². The lowest BCUT2D eigenvalue weighted by atomic mass is 10.2. The molecule has 5 heteroatoms. The van der Waals surface area contributed by atoms with Crippen LogP contribution in [0, 0.1) is 6.92 Å². The molecule has 3 aromatic rings. The average molecular weight is 227 g/mol. The van der Waals surface area contributed by atoms with Gasteiger partial charge in [-0.05, 0) is 12.5 Å². The second-order valence-electron chi connectivity index (χ2n) is 4.11. The van der Waals surface area contributed by atoms with Gasteiger partial charge in [0.1, 0.15) is 0 Å². The first-order valence-electron chi connectivity index (χ1n) is 5.52. The number of nitrogens with zero attached hydrogens (tertiary/aromatic N) is 5. The lowest BCUT2D eigenvalue weighted by Gasteiger charge is -2.02. The lowest BCUT2D eigenvalue weighted by molar-refractivity contribution is 0.632. The summed E-state index contributed by atoms with van der Waals surface area (Å²) in [6.45, 7) is 2.67.